The summed E-state index contributed by atoms with van der Waals surface area (Å²) < 4.78 is 44.5. The van der Waals surface area contributed by atoms with E-state index >= 15 is 0 Å². The van der Waals surface area contributed by atoms with Gasteiger partial charge in [-0.25, -0.2) is 4.79 Å². The first-order valence-corrected chi connectivity index (χ1v) is 7.34. The van der Waals surface area contributed by atoms with Crippen LogP contribution in [0.5, 0.6) is 0 Å². The number of halogens is 3. The number of hydrogen-bond acceptors (Lipinski definition) is 3. The second kappa shape index (κ2) is 6.45. The molecule has 0 radical (unpaired) electrons. The van der Waals surface area contributed by atoms with E-state index in [2.05, 4.69) is 0 Å². The van der Waals surface area contributed by atoms with E-state index < -0.39 is 29.0 Å². The number of benzene rings is 1. The number of likely N-dealkylation sites (N-methyl/N-ethyl adjacent to an activating group) is 1. The summed E-state index contributed by atoms with van der Waals surface area (Å²) in [6, 6.07) is 3.58. The first-order valence-electron chi connectivity index (χ1n) is 7.34. The second-order valence-electron chi connectivity index (χ2n) is 6.83. The minimum atomic E-state index is -4.55. The van der Waals surface area contributed by atoms with E-state index in [1.807, 2.05) is 0 Å². The van der Waals surface area contributed by atoms with Gasteiger partial charge in [0.1, 0.15) is 17.4 Å². The molecule has 0 N–H and O–H groups in total. The second-order valence-corrected chi connectivity index (χ2v) is 6.83. The lowest BCUT2D eigenvalue weighted by Crippen LogP contribution is -2.48. The Morgan fingerprint density at radius 3 is 2.12 bits per heavy atom. The van der Waals surface area contributed by atoms with Gasteiger partial charge >= 0.3 is 12.3 Å². The third kappa shape index (κ3) is 4.27. The van der Waals surface area contributed by atoms with E-state index in [0.29, 0.717) is 6.29 Å². The molecule has 0 aromatic heterocycles. The number of hydrogen-bond donors (Lipinski definition) is 0. The molecule has 24 heavy (non-hydrogen) atoms. The van der Waals surface area contributed by atoms with Crippen molar-refractivity contribution in [3.63, 3.8) is 0 Å². The van der Waals surface area contributed by atoms with Crippen LogP contribution in [-0.2, 0) is 21.2 Å². The van der Waals surface area contributed by atoms with Gasteiger partial charge in [-0.15, -0.1) is 0 Å². The maximum atomic E-state index is 13.1. The predicted octanol–water partition coefficient (Wildman–Crippen LogP) is 4.29. The fourth-order valence-corrected chi connectivity index (χ4v) is 2.10. The van der Waals surface area contributed by atoms with Gasteiger partial charge in [0.2, 0.25) is 0 Å². The zero-order valence-corrected chi connectivity index (χ0v) is 14.6. The molecule has 0 fully saturated rings. The standard InChI is InChI=1S/C17H22F3NO3/c1-11-7-8-12(9-13(11)17(18,19)20)16(5,10-22)21(6)14(23)24-15(2,3)4/h7-10H,1-6H3. The Balaban J connectivity index is 3.34. The molecule has 0 spiro atoms. The van der Waals surface area contributed by atoms with E-state index in [-0.39, 0.29) is 11.1 Å². The number of amides is 1. The van der Waals surface area contributed by atoms with Crippen LogP contribution in [0.1, 0.15) is 44.4 Å². The molecule has 0 bridgehead atoms. The van der Waals surface area contributed by atoms with Crippen LogP contribution in [0.2, 0.25) is 0 Å². The van der Waals surface area contributed by atoms with Crippen molar-refractivity contribution in [1.82, 2.24) is 4.90 Å². The molecule has 1 amide bonds. The van der Waals surface area contributed by atoms with Crippen LogP contribution in [-0.4, -0.2) is 29.9 Å². The van der Waals surface area contributed by atoms with Gasteiger partial charge in [-0.05, 0) is 51.8 Å². The zero-order chi connectivity index (χ0) is 18.9. The summed E-state index contributed by atoms with van der Waals surface area (Å²) in [5.74, 6) is 0. The van der Waals surface area contributed by atoms with Gasteiger partial charge in [0.25, 0.3) is 0 Å². The highest BCUT2D eigenvalue weighted by Gasteiger charge is 2.39. The fraction of sp³-hybridized carbons (Fsp3) is 0.529. The Kier molecular flexibility index (Phi) is 5.38. The van der Waals surface area contributed by atoms with Gasteiger partial charge in [0.15, 0.2) is 0 Å². The molecule has 4 nitrogen and oxygen atoms in total. The van der Waals surface area contributed by atoms with Crippen molar-refractivity contribution in [2.24, 2.45) is 0 Å². The summed E-state index contributed by atoms with van der Waals surface area (Å²) in [5, 5.41) is 0. The zero-order valence-electron chi connectivity index (χ0n) is 14.6. The van der Waals surface area contributed by atoms with Crippen molar-refractivity contribution in [1.29, 1.82) is 0 Å². The number of nitrogens with zero attached hydrogens (tertiary/aromatic N) is 1. The lowest BCUT2D eigenvalue weighted by atomic mass is 9.89. The number of aldehydes is 1. The van der Waals surface area contributed by atoms with Crippen LogP contribution >= 0.6 is 0 Å². The molecule has 0 aliphatic carbocycles. The molecule has 0 aliphatic heterocycles. The molecule has 1 aromatic carbocycles. The Labute approximate surface area is 139 Å². The summed E-state index contributed by atoms with van der Waals surface area (Å²) in [6.07, 6.45) is -4.91. The van der Waals surface area contributed by atoms with E-state index in [9.17, 15) is 22.8 Å². The minimum Gasteiger partial charge on any atom is -0.444 e. The van der Waals surface area contributed by atoms with Crippen LogP contribution in [0.3, 0.4) is 0 Å². The van der Waals surface area contributed by atoms with Crippen LogP contribution in [0.25, 0.3) is 0 Å². The average molecular weight is 345 g/mol. The van der Waals surface area contributed by atoms with E-state index in [1.54, 1.807) is 20.8 Å². The molecular weight excluding hydrogens is 323 g/mol. The SMILES string of the molecule is Cc1ccc(C(C)(C=O)N(C)C(=O)OC(C)(C)C)cc1C(F)(F)F. The summed E-state index contributed by atoms with van der Waals surface area (Å²) in [6.45, 7) is 7.68. The Morgan fingerprint density at radius 1 is 1.17 bits per heavy atom. The number of rotatable bonds is 3. The molecule has 0 saturated heterocycles. The van der Waals surface area contributed by atoms with Gasteiger partial charge in [-0.1, -0.05) is 12.1 Å². The fourth-order valence-electron chi connectivity index (χ4n) is 2.10. The molecule has 7 heteroatoms. The maximum Gasteiger partial charge on any atom is 0.416 e. The molecule has 0 saturated carbocycles. The van der Waals surface area contributed by atoms with Crippen molar-refractivity contribution in [3.05, 3.63) is 34.9 Å². The summed E-state index contributed by atoms with van der Waals surface area (Å²) in [4.78, 5) is 24.9. The predicted molar refractivity (Wildman–Crippen MR) is 83.6 cm³/mol. The molecule has 1 atom stereocenters. The van der Waals surface area contributed by atoms with Gasteiger partial charge < -0.3 is 9.53 Å². The van der Waals surface area contributed by atoms with Crippen LogP contribution < -0.4 is 0 Å². The number of carbonyl (C=O) groups excluding carboxylic acids is 2. The Bertz CT molecular complexity index is 635. The molecular formula is C17H22F3NO3. The number of ether oxygens (including phenoxy) is 1. The van der Waals surface area contributed by atoms with Crippen LogP contribution in [0, 0.1) is 6.92 Å². The van der Waals surface area contributed by atoms with Gasteiger partial charge in [-0.2, -0.15) is 13.2 Å². The third-order valence-corrected chi connectivity index (χ3v) is 3.72. The van der Waals surface area contributed by atoms with Crippen molar-refractivity contribution >= 4 is 12.4 Å². The largest absolute Gasteiger partial charge is 0.444 e. The summed E-state index contributed by atoms with van der Waals surface area (Å²) in [5.41, 5.74) is -3.12. The Morgan fingerprint density at radius 2 is 1.71 bits per heavy atom. The molecule has 0 heterocycles. The summed E-state index contributed by atoms with van der Waals surface area (Å²) >= 11 is 0. The number of alkyl halides is 3. The van der Waals surface area contributed by atoms with Gasteiger partial charge in [-0.3, -0.25) is 4.90 Å². The first-order chi connectivity index (χ1) is 10.7. The minimum absolute atomic E-state index is 0.0411. The highest BCUT2D eigenvalue weighted by Crippen LogP contribution is 2.35. The maximum absolute atomic E-state index is 13.1. The van der Waals surface area contributed by atoms with Crippen molar-refractivity contribution < 1.29 is 27.5 Å². The Hall–Kier alpha value is -2.05. The highest BCUT2D eigenvalue weighted by molar-refractivity contribution is 5.78. The van der Waals surface area contributed by atoms with Gasteiger partial charge in [0.05, 0.1) is 5.56 Å². The molecule has 134 valence electrons. The molecule has 1 rings (SSSR count). The average Bonchev–Trinajstić information content (AvgIpc) is 2.43. The smallest absolute Gasteiger partial charge is 0.416 e. The lowest BCUT2D eigenvalue weighted by Gasteiger charge is -2.36. The third-order valence-electron chi connectivity index (χ3n) is 3.72. The topological polar surface area (TPSA) is 46.6 Å². The summed E-state index contributed by atoms with van der Waals surface area (Å²) in [7, 11) is 1.32. The van der Waals surface area contributed by atoms with Crippen LogP contribution in [0.4, 0.5) is 18.0 Å². The normalized spacial score (nSPS) is 14.7. The van der Waals surface area contributed by atoms with Crippen molar-refractivity contribution in [2.45, 2.75) is 51.9 Å². The first kappa shape index (κ1) is 20.0. The van der Waals surface area contributed by atoms with Crippen LogP contribution in [0.15, 0.2) is 18.2 Å². The van der Waals surface area contributed by atoms with E-state index in [4.69, 9.17) is 4.74 Å². The lowest BCUT2D eigenvalue weighted by molar-refractivity contribution is -0.138. The number of aryl methyl sites for hydroxylation is 1. The molecule has 1 unspecified atom stereocenters. The van der Waals surface area contributed by atoms with Crippen molar-refractivity contribution in [2.75, 3.05) is 7.05 Å². The van der Waals surface area contributed by atoms with E-state index in [1.165, 1.54) is 33.0 Å². The van der Waals surface area contributed by atoms with Crippen molar-refractivity contribution in [3.8, 4) is 0 Å². The van der Waals surface area contributed by atoms with Gasteiger partial charge in [0, 0.05) is 7.05 Å². The highest BCUT2D eigenvalue weighted by atomic mass is 19.4. The molecule has 1 aromatic rings. The quantitative estimate of drug-likeness (QED) is 0.768. The number of carbonyl (C=O) groups is 2. The van der Waals surface area contributed by atoms with E-state index in [0.717, 1.165) is 11.0 Å². The monoisotopic (exact) mass is 345 g/mol. The molecule has 0 aliphatic rings.